The molecule has 0 spiro atoms. The summed E-state index contributed by atoms with van der Waals surface area (Å²) in [5.41, 5.74) is 0. The summed E-state index contributed by atoms with van der Waals surface area (Å²) in [5.74, 6) is 0.105. The van der Waals surface area contributed by atoms with E-state index in [1.807, 2.05) is 13.8 Å². The van der Waals surface area contributed by atoms with Gasteiger partial charge in [-0.15, -0.1) is 0 Å². The van der Waals surface area contributed by atoms with E-state index in [2.05, 4.69) is 11.3 Å². The van der Waals surface area contributed by atoms with Gasteiger partial charge in [0.2, 0.25) is 5.91 Å². The molecule has 0 aromatic rings. The lowest BCUT2D eigenvalue weighted by atomic mass is 10.2. The molecular weight excluding hydrogens is 128 g/mol. The average molecular weight is 139 g/mol. The predicted octanol–water partition coefficient (Wildman–Crippen LogP) is 0.880. The minimum Gasteiger partial charge on any atom is -0.273 e. The average Bonchev–Trinajstić information content (AvgIpc) is 1.88. The first-order chi connectivity index (χ1) is 4.72. The van der Waals surface area contributed by atoms with Gasteiger partial charge in [0.15, 0.2) is 0 Å². The molecule has 0 fully saturated rings. The van der Waals surface area contributed by atoms with Crippen LogP contribution in [0.25, 0.3) is 0 Å². The zero-order valence-electron chi connectivity index (χ0n) is 6.29. The Kier molecular flexibility index (Phi) is 2.04. The van der Waals surface area contributed by atoms with Crippen LogP contribution >= 0.6 is 0 Å². The normalized spacial score (nSPS) is 18.7. The summed E-state index contributed by atoms with van der Waals surface area (Å²) in [6.45, 7) is 3.88. The Balaban J connectivity index is 2.64. The SMILES string of the molecule is CC(C)N1N=[C]CCC1=O. The van der Waals surface area contributed by atoms with Crippen LogP contribution < -0.4 is 0 Å². The van der Waals surface area contributed by atoms with Crippen molar-refractivity contribution in [3.8, 4) is 0 Å². The first-order valence-electron chi connectivity index (χ1n) is 3.47. The van der Waals surface area contributed by atoms with Gasteiger partial charge < -0.3 is 0 Å². The van der Waals surface area contributed by atoms with E-state index in [-0.39, 0.29) is 11.9 Å². The van der Waals surface area contributed by atoms with Crippen LogP contribution in [0.2, 0.25) is 0 Å². The van der Waals surface area contributed by atoms with Crippen LogP contribution in [0.1, 0.15) is 26.7 Å². The highest BCUT2D eigenvalue weighted by atomic mass is 16.2. The lowest BCUT2D eigenvalue weighted by molar-refractivity contribution is -0.133. The number of nitrogens with zero attached hydrogens (tertiary/aromatic N) is 2. The molecule has 0 bridgehead atoms. The van der Waals surface area contributed by atoms with Crippen molar-refractivity contribution in [1.29, 1.82) is 0 Å². The zero-order chi connectivity index (χ0) is 7.56. The van der Waals surface area contributed by atoms with Crippen molar-refractivity contribution < 1.29 is 4.79 Å². The maximum absolute atomic E-state index is 11.0. The summed E-state index contributed by atoms with van der Waals surface area (Å²) in [4.78, 5) is 11.0. The smallest absolute Gasteiger partial charge is 0.243 e. The van der Waals surface area contributed by atoms with Gasteiger partial charge >= 0.3 is 0 Å². The van der Waals surface area contributed by atoms with Gasteiger partial charge in [0.05, 0.1) is 6.21 Å². The van der Waals surface area contributed by atoms with E-state index in [1.165, 1.54) is 5.01 Å². The van der Waals surface area contributed by atoms with Crippen LogP contribution in [0.4, 0.5) is 0 Å². The van der Waals surface area contributed by atoms with Gasteiger partial charge in [-0.3, -0.25) is 4.79 Å². The van der Waals surface area contributed by atoms with Gasteiger partial charge in [0, 0.05) is 18.9 Å². The number of carbonyl (C=O) groups is 1. The van der Waals surface area contributed by atoms with E-state index in [1.54, 1.807) is 0 Å². The minimum absolute atomic E-state index is 0.105. The summed E-state index contributed by atoms with van der Waals surface area (Å²) in [6, 6.07) is 0.167. The van der Waals surface area contributed by atoms with Crippen LogP contribution in [0.15, 0.2) is 5.10 Å². The van der Waals surface area contributed by atoms with Crippen LogP contribution in [0.5, 0.6) is 0 Å². The summed E-state index contributed by atoms with van der Waals surface area (Å²) in [6.07, 6.45) is 4.00. The van der Waals surface area contributed by atoms with Gasteiger partial charge in [-0.1, -0.05) is 0 Å². The molecule has 0 aromatic heterocycles. The summed E-state index contributed by atoms with van der Waals surface area (Å²) in [5, 5.41) is 5.32. The molecule has 0 aromatic carbocycles. The second-order valence-corrected chi connectivity index (χ2v) is 2.59. The molecule has 1 aliphatic rings. The van der Waals surface area contributed by atoms with Gasteiger partial charge in [-0.2, -0.15) is 5.10 Å². The summed E-state index contributed by atoms with van der Waals surface area (Å²) >= 11 is 0. The molecule has 55 valence electrons. The highest BCUT2D eigenvalue weighted by molar-refractivity contribution is 5.82. The van der Waals surface area contributed by atoms with Gasteiger partial charge in [0.1, 0.15) is 0 Å². The van der Waals surface area contributed by atoms with E-state index >= 15 is 0 Å². The second kappa shape index (κ2) is 2.82. The molecule has 1 amide bonds. The van der Waals surface area contributed by atoms with Crippen LogP contribution in [-0.4, -0.2) is 23.2 Å². The Morgan fingerprint density at radius 3 is 2.80 bits per heavy atom. The summed E-state index contributed by atoms with van der Waals surface area (Å²) in [7, 11) is 0. The summed E-state index contributed by atoms with van der Waals surface area (Å²) < 4.78 is 0. The minimum atomic E-state index is 0.105. The molecule has 1 rings (SSSR count). The third-order valence-corrected chi connectivity index (χ3v) is 1.37. The van der Waals surface area contributed by atoms with Gasteiger partial charge in [-0.25, -0.2) is 5.01 Å². The fraction of sp³-hybridized carbons (Fsp3) is 0.714. The third kappa shape index (κ3) is 1.35. The van der Waals surface area contributed by atoms with Crippen molar-refractivity contribution in [1.82, 2.24) is 5.01 Å². The molecule has 0 saturated heterocycles. The molecule has 10 heavy (non-hydrogen) atoms. The Morgan fingerprint density at radius 1 is 1.70 bits per heavy atom. The van der Waals surface area contributed by atoms with E-state index < -0.39 is 0 Å². The Hall–Kier alpha value is -0.860. The van der Waals surface area contributed by atoms with E-state index in [0.29, 0.717) is 12.8 Å². The monoisotopic (exact) mass is 139 g/mol. The molecule has 1 radical (unpaired) electrons. The Bertz CT molecular complexity index is 163. The van der Waals surface area contributed by atoms with Gasteiger partial charge in [-0.05, 0) is 13.8 Å². The number of rotatable bonds is 1. The highest BCUT2D eigenvalue weighted by Gasteiger charge is 2.17. The van der Waals surface area contributed by atoms with E-state index in [0.717, 1.165) is 0 Å². The molecule has 0 atom stereocenters. The number of carbonyl (C=O) groups excluding carboxylic acids is 1. The Labute approximate surface area is 60.7 Å². The van der Waals surface area contributed by atoms with Crippen LogP contribution in [0, 0.1) is 0 Å². The molecule has 1 heterocycles. The third-order valence-electron chi connectivity index (χ3n) is 1.37. The maximum Gasteiger partial charge on any atom is 0.243 e. The first kappa shape index (κ1) is 7.25. The van der Waals surface area contributed by atoms with Crippen LogP contribution in [-0.2, 0) is 4.79 Å². The molecular formula is C7H11N2O. The maximum atomic E-state index is 11.0. The topological polar surface area (TPSA) is 32.7 Å². The quantitative estimate of drug-likeness (QED) is 0.530. The molecule has 1 aliphatic heterocycles. The zero-order valence-corrected chi connectivity index (χ0v) is 6.29. The second-order valence-electron chi connectivity index (χ2n) is 2.59. The molecule has 3 nitrogen and oxygen atoms in total. The molecule has 3 heteroatoms. The van der Waals surface area contributed by atoms with E-state index in [9.17, 15) is 4.79 Å². The lowest BCUT2D eigenvalue weighted by Gasteiger charge is -2.22. The van der Waals surface area contributed by atoms with Crippen molar-refractivity contribution in [3.05, 3.63) is 0 Å². The van der Waals surface area contributed by atoms with Gasteiger partial charge in [0.25, 0.3) is 0 Å². The largest absolute Gasteiger partial charge is 0.273 e. The van der Waals surface area contributed by atoms with E-state index in [4.69, 9.17) is 0 Å². The molecule has 0 saturated carbocycles. The molecule has 0 unspecified atom stereocenters. The van der Waals surface area contributed by atoms with Crippen LogP contribution in [0.3, 0.4) is 0 Å². The van der Waals surface area contributed by atoms with Crippen molar-refractivity contribution in [3.63, 3.8) is 0 Å². The predicted molar refractivity (Wildman–Crippen MR) is 38.7 cm³/mol. The first-order valence-corrected chi connectivity index (χ1v) is 3.47. The lowest BCUT2D eigenvalue weighted by Crippen LogP contribution is -2.34. The van der Waals surface area contributed by atoms with Crippen molar-refractivity contribution in [2.45, 2.75) is 32.7 Å². The fourth-order valence-corrected chi connectivity index (χ4v) is 0.863. The Morgan fingerprint density at radius 2 is 2.40 bits per heavy atom. The van der Waals surface area contributed by atoms with Crippen molar-refractivity contribution >= 4 is 12.1 Å². The molecule has 0 N–H and O–H groups in total. The van der Waals surface area contributed by atoms with Crippen molar-refractivity contribution in [2.75, 3.05) is 0 Å². The number of amides is 1. The highest BCUT2D eigenvalue weighted by Crippen LogP contribution is 2.07. The number of hydrogen-bond acceptors (Lipinski definition) is 2. The van der Waals surface area contributed by atoms with Crippen molar-refractivity contribution in [2.24, 2.45) is 5.10 Å². The number of hydrogen-bond donors (Lipinski definition) is 0. The fourth-order valence-electron chi connectivity index (χ4n) is 0.863. The molecule has 0 aliphatic carbocycles. The number of hydrazone groups is 1. The standard InChI is InChI=1S/C7H11N2O/c1-6(2)9-7(10)4-3-5-8-9/h6H,3-4H2,1-2H3.